The predicted octanol–water partition coefficient (Wildman–Crippen LogP) is 3.94. The molecule has 0 amide bonds. The molecule has 0 saturated carbocycles. The molecule has 4 heteroatoms. The monoisotopic (exact) mass is 288 g/mol. The van der Waals surface area contributed by atoms with Gasteiger partial charge in [0.1, 0.15) is 5.82 Å². The summed E-state index contributed by atoms with van der Waals surface area (Å²) in [6.07, 6.45) is 2.01. The van der Waals surface area contributed by atoms with Gasteiger partial charge in [-0.05, 0) is 48.7 Å². The Labute approximate surface area is 121 Å². The summed E-state index contributed by atoms with van der Waals surface area (Å²) in [5, 5.41) is 4.51. The van der Waals surface area contributed by atoms with Crippen molar-refractivity contribution in [3.05, 3.63) is 58.2 Å². The van der Waals surface area contributed by atoms with E-state index in [9.17, 15) is 4.39 Å². The second kappa shape index (κ2) is 5.77. The molecule has 0 aliphatic rings. The first-order chi connectivity index (χ1) is 9.72. The van der Waals surface area contributed by atoms with Crippen LogP contribution in [0.25, 0.3) is 10.9 Å². The fourth-order valence-electron chi connectivity index (χ4n) is 2.34. The van der Waals surface area contributed by atoms with E-state index in [2.05, 4.69) is 28.9 Å². The van der Waals surface area contributed by atoms with E-state index in [4.69, 9.17) is 0 Å². The van der Waals surface area contributed by atoms with Gasteiger partial charge >= 0.3 is 0 Å². The largest absolute Gasteiger partial charge is 0.346 e. The van der Waals surface area contributed by atoms with Crippen molar-refractivity contribution < 1.29 is 4.39 Å². The van der Waals surface area contributed by atoms with Crippen LogP contribution in [0.1, 0.15) is 9.75 Å². The summed E-state index contributed by atoms with van der Waals surface area (Å²) in [5.74, 6) is -0.181. The van der Waals surface area contributed by atoms with Crippen LogP contribution in [0.4, 0.5) is 4.39 Å². The molecule has 0 aliphatic carbocycles. The molecule has 2 aromatic heterocycles. The Morgan fingerprint density at radius 1 is 1.20 bits per heavy atom. The zero-order chi connectivity index (χ0) is 13.9. The van der Waals surface area contributed by atoms with Gasteiger partial charge in [0.2, 0.25) is 0 Å². The van der Waals surface area contributed by atoms with Crippen molar-refractivity contribution in [3.8, 4) is 0 Å². The Morgan fingerprint density at radius 3 is 2.90 bits per heavy atom. The lowest BCUT2D eigenvalue weighted by Gasteiger charge is -2.06. The lowest BCUT2D eigenvalue weighted by molar-refractivity contribution is 0.608. The van der Waals surface area contributed by atoms with Crippen LogP contribution < -0.4 is 5.32 Å². The third-order valence-electron chi connectivity index (χ3n) is 3.36. The number of benzene rings is 1. The number of fused-ring (bicyclic) bond motifs is 1. The number of nitrogens with one attached hydrogen (secondary N) is 1. The van der Waals surface area contributed by atoms with E-state index in [1.165, 1.54) is 15.8 Å². The third-order valence-corrected chi connectivity index (χ3v) is 4.36. The van der Waals surface area contributed by atoms with Gasteiger partial charge in [-0.3, -0.25) is 0 Å². The Kier molecular flexibility index (Phi) is 3.85. The Bertz CT molecular complexity index is 714. The molecular weight excluding hydrogens is 271 g/mol. The molecule has 0 atom stereocenters. The fraction of sp³-hybridized carbons (Fsp3) is 0.250. The molecule has 1 N–H and O–H groups in total. The van der Waals surface area contributed by atoms with Crippen molar-refractivity contribution in [3.63, 3.8) is 0 Å². The number of aryl methyl sites for hydroxylation is 1. The van der Waals surface area contributed by atoms with Crippen LogP contribution in [-0.4, -0.2) is 11.1 Å². The summed E-state index contributed by atoms with van der Waals surface area (Å²) in [5.41, 5.74) is 0.957. The summed E-state index contributed by atoms with van der Waals surface area (Å²) in [6, 6.07) is 11.2. The highest BCUT2D eigenvalue weighted by molar-refractivity contribution is 7.11. The van der Waals surface area contributed by atoms with Gasteiger partial charge in [-0.1, -0.05) is 0 Å². The zero-order valence-electron chi connectivity index (χ0n) is 11.4. The molecule has 0 spiro atoms. The SMILES string of the molecule is Cc1ccc(CNCCn2ccc3ccc(F)cc32)s1. The molecule has 0 unspecified atom stereocenters. The maximum atomic E-state index is 13.3. The van der Waals surface area contributed by atoms with Gasteiger partial charge in [-0.25, -0.2) is 4.39 Å². The van der Waals surface area contributed by atoms with Gasteiger partial charge in [0.15, 0.2) is 0 Å². The molecular formula is C16H17FN2S. The average Bonchev–Trinajstić information content (AvgIpc) is 3.01. The number of halogens is 1. The maximum absolute atomic E-state index is 13.3. The first kappa shape index (κ1) is 13.3. The van der Waals surface area contributed by atoms with Crippen molar-refractivity contribution in [1.82, 2.24) is 9.88 Å². The Hall–Kier alpha value is -1.65. The van der Waals surface area contributed by atoms with E-state index in [-0.39, 0.29) is 5.82 Å². The average molecular weight is 288 g/mol. The van der Waals surface area contributed by atoms with Crippen molar-refractivity contribution in [1.29, 1.82) is 0 Å². The smallest absolute Gasteiger partial charge is 0.125 e. The van der Waals surface area contributed by atoms with E-state index in [0.29, 0.717) is 0 Å². The van der Waals surface area contributed by atoms with Crippen LogP contribution in [0.15, 0.2) is 42.6 Å². The number of nitrogens with zero attached hydrogens (tertiary/aromatic N) is 1. The van der Waals surface area contributed by atoms with Crippen molar-refractivity contribution in [2.24, 2.45) is 0 Å². The van der Waals surface area contributed by atoms with E-state index in [1.54, 1.807) is 6.07 Å². The summed E-state index contributed by atoms with van der Waals surface area (Å²) < 4.78 is 15.4. The highest BCUT2D eigenvalue weighted by Gasteiger charge is 2.02. The van der Waals surface area contributed by atoms with Gasteiger partial charge in [0, 0.05) is 35.6 Å². The second-order valence-electron chi connectivity index (χ2n) is 4.90. The van der Waals surface area contributed by atoms with Gasteiger partial charge < -0.3 is 9.88 Å². The highest BCUT2D eigenvalue weighted by atomic mass is 32.1. The van der Waals surface area contributed by atoms with E-state index in [1.807, 2.05) is 29.7 Å². The minimum Gasteiger partial charge on any atom is -0.346 e. The molecule has 2 nitrogen and oxygen atoms in total. The second-order valence-corrected chi connectivity index (χ2v) is 6.27. The van der Waals surface area contributed by atoms with Gasteiger partial charge in [-0.2, -0.15) is 0 Å². The van der Waals surface area contributed by atoms with Crippen LogP contribution >= 0.6 is 11.3 Å². The van der Waals surface area contributed by atoms with Crippen molar-refractivity contribution >= 4 is 22.2 Å². The number of rotatable bonds is 5. The Balaban J connectivity index is 1.58. The molecule has 3 aromatic rings. The lowest BCUT2D eigenvalue weighted by atomic mass is 10.2. The van der Waals surface area contributed by atoms with E-state index >= 15 is 0 Å². The first-order valence-corrected chi connectivity index (χ1v) is 7.54. The summed E-state index contributed by atoms with van der Waals surface area (Å²) in [6.45, 7) is 4.73. The van der Waals surface area contributed by atoms with Crippen LogP contribution in [0, 0.1) is 12.7 Å². The van der Waals surface area contributed by atoms with E-state index < -0.39 is 0 Å². The molecule has 0 fully saturated rings. The molecule has 0 saturated heterocycles. The molecule has 0 radical (unpaired) electrons. The predicted molar refractivity (Wildman–Crippen MR) is 82.7 cm³/mol. The fourth-order valence-corrected chi connectivity index (χ4v) is 3.20. The maximum Gasteiger partial charge on any atom is 0.125 e. The van der Waals surface area contributed by atoms with Crippen LogP contribution in [0.3, 0.4) is 0 Å². The van der Waals surface area contributed by atoms with E-state index in [0.717, 1.165) is 30.5 Å². The summed E-state index contributed by atoms with van der Waals surface area (Å²) in [7, 11) is 0. The molecule has 2 heterocycles. The molecule has 3 rings (SSSR count). The number of hydrogen-bond acceptors (Lipinski definition) is 2. The van der Waals surface area contributed by atoms with Gasteiger partial charge in [0.25, 0.3) is 0 Å². The number of aromatic nitrogens is 1. The van der Waals surface area contributed by atoms with Crippen LogP contribution in [0.2, 0.25) is 0 Å². The summed E-state index contributed by atoms with van der Waals surface area (Å²) in [4.78, 5) is 2.69. The molecule has 104 valence electrons. The van der Waals surface area contributed by atoms with Gasteiger partial charge in [-0.15, -0.1) is 11.3 Å². The molecule has 20 heavy (non-hydrogen) atoms. The molecule has 1 aromatic carbocycles. The lowest BCUT2D eigenvalue weighted by Crippen LogP contribution is -2.18. The summed E-state index contributed by atoms with van der Waals surface area (Å²) >= 11 is 1.82. The van der Waals surface area contributed by atoms with Crippen molar-refractivity contribution in [2.75, 3.05) is 6.54 Å². The normalized spacial score (nSPS) is 11.3. The quantitative estimate of drug-likeness (QED) is 0.704. The van der Waals surface area contributed by atoms with Crippen LogP contribution in [0.5, 0.6) is 0 Å². The highest BCUT2D eigenvalue weighted by Crippen LogP contribution is 2.17. The standard InChI is InChI=1S/C16H17FN2S/c1-12-2-5-15(20-12)11-18-7-9-19-8-6-13-3-4-14(17)10-16(13)19/h2-6,8,10,18H,7,9,11H2,1H3. The third kappa shape index (κ3) is 2.92. The topological polar surface area (TPSA) is 17.0 Å². The van der Waals surface area contributed by atoms with Crippen molar-refractivity contribution in [2.45, 2.75) is 20.0 Å². The zero-order valence-corrected chi connectivity index (χ0v) is 12.2. The van der Waals surface area contributed by atoms with Gasteiger partial charge in [0.05, 0.1) is 5.52 Å². The minimum atomic E-state index is -0.181. The molecule has 0 bridgehead atoms. The Morgan fingerprint density at radius 2 is 2.10 bits per heavy atom. The first-order valence-electron chi connectivity index (χ1n) is 6.73. The number of hydrogen-bond donors (Lipinski definition) is 1. The molecule has 0 aliphatic heterocycles. The number of thiophene rings is 1. The van der Waals surface area contributed by atoms with Crippen LogP contribution in [-0.2, 0) is 13.1 Å². The minimum absolute atomic E-state index is 0.181.